The van der Waals surface area contributed by atoms with Crippen molar-refractivity contribution in [2.75, 3.05) is 0 Å². The number of hydrogen-bond acceptors (Lipinski definition) is 2. The maximum Gasteiger partial charge on any atom is 0.102 e. The van der Waals surface area contributed by atoms with Crippen LogP contribution in [-0.2, 0) is 6.42 Å². The summed E-state index contributed by atoms with van der Waals surface area (Å²) in [4.78, 5) is 3.86. The minimum absolute atomic E-state index is 0.000278. The predicted octanol–water partition coefficient (Wildman–Crippen LogP) is 5.77. The average Bonchev–Trinajstić information content (AvgIpc) is 2.86. The highest BCUT2D eigenvalue weighted by Gasteiger charge is 2.16. The Morgan fingerprint density at radius 3 is 2.56 bits per heavy atom. The molecule has 1 unspecified atom stereocenters. The van der Waals surface area contributed by atoms with Gasteiger partial charge >= 0.3 is 0 Å². The average molecular weight is 336 g/mol. The van der Waals surface area contributed by atoms with Crippen molar-refractivity contribution in [2.24, 2.45) is 0 Å². The van der Waals surface area contributed by atoms with Crippen LogP contribution in [0.25, 0.3) is 0 Å². The molecule has 0 aliphatic heterocycles. The third kappa shape index (κ3) is 2.53. The minimum Gasteiger partial charge on any atom is -0.143 e. The van der Waals surface area contributed by atoms with Crippen LogP contribution in [0.1, 0.15) is 32.5 Å². The van der Waals surface area contributed by atoms with Crippen LogP contribution in [-0.4, -0.2) is 0 Å². The Bertz CT molecular complexity index is 467. The Morgan fingerprint density at radius 2 is 2.06 bits per heavy atom. The first-order chi connectivity index (χ1) is 7.61. The molecule has 4 heteroatoms. The van der Waals surface area contributed by atoms with E-state index in [0.717, 1.165) is 6.42 Å². The number of thiophene rings is 2. The molecule has 0 amide bonds. The van der Waals surface area contributed by atoms with Crippen LogP contribution < -0.4 is 0 Å². The van der Waals surface area contributed by atoms with E-state index in [-0.39, 0.29) is 5.38 Å². The molecule has 0 aromatic carbocycles. The molecular weight excluding hydrogens is 324 g/mol. The highest BCUT2D eigenvalue weighted by atomic mass is 79.9. The molecule has 0 spiro atoms. The van der Waals surface area contributed by atoms with Crippen LogP contribution in [0.15, 0.2) is 22.0 Å². The van der Waals surface area contributed by atoms with Gasteiger partial charge in [-0.25, -0.2) is 0 Å². The molecule has 1 atom stereocenters. The molecule has 0 aliphatic rings. The molecule has 2 rings (SSSR count). The summed E-state index contributed by atoms with van der Waals surface area (Å²) >= 11 is 13.6. The Hall–Kier alpha value is 0.170. The molecule has 2 aromatic heterocycles. The molecule has 0 radical (unpaired) electrons. The lowest BCUT2D eigenvalue weighted by Gasteiger charge is -2.03. The van der Waals surface area contributed by atoms with E-state index in [1.54, 1.807) is 11.3 Å². The fraction of sp³-hybridized carbons (Fsp3) is 0.333. The van der Waals surface area contributed by atoms with Crippen LogP contribution in [0.3, 0.4) is 0 Å². The zero-order valence-electron chi connectivity index (χ0n) is 9.09. The van der Waals surface area contributed by atoms with Gasteiger partial charge in [-0.2, -0.15) is 0 Å². The van der Waals surface area contributed by atoms with E-state index >= 15 is 0 Å². The number of alkyl halides is 1. The van der Waals surface area contributed by atoms with Gasteiger partial charge in [-0.3, -0.25) is 0 Å². The molecule has 2 aromatic rings. The molecule has 0 saturated carbocycles. The summed E-state index contributed by atoms with van der Waals surface area (Å²) in [5, 5.41) is 0.000278. The molecule has 86 valence electrons. The van der Waals surface area contributed by atoms with Crippen molar-refractivity contribution in [1.82, 2.24) is 0 Å². The highest BCUT2D eigenvalue weighted by Crippen LogP contribution is 2.40. The second-order valence-electron chi connectivity index (χ2n) is 3.63. The summed E-state index contributed by atoms with van der Waals surface area (Å²) in [5.74, 6) is 0. The summed E-state index contributed by atoms with van der Waals surface area (Å²) in [7, 11) is 0. The van der Waals surface area contributed by atoms with E-state index in [1.165, 1.54) is 24.0 Å². The second kappa shape index (κ2) is 5.21. The van der Waals surface area contributed by atoms with Gasteiger partial charge < -0.3 is 0 Å². The third-order valence-electron chi connectivity index (χ3n) is 2.41. The molecule has 2 heterocycles. The number of halogens is 2. The van der Waals surface area contributed by atoms with E-state index in [9.17, 15) is 0 Å². The predicted molar refractivity (Wildman–Crippen MR) is 78.1 cm³/mol. The van der Waals surface area contributed by atoms with Crippen LogP contribution in [0.2, 0.25) is 0 Å². The summed E-state index contributed by atoms with van der Waals surface area (Å²) in [6.45, 7) is 4.27. The van der Waals surface area contributed by atoms with Gasteiger partial charge in [-0.1, -0.05) is 6.92 Å². The zero-order valence-corrected chi connectivity index (χ0v) is 13.1. The van der Waals surface area contributed by atoms with Crippen molar-refractivity contribution in [3.05, 3.63) is 42.2 Å². The van der Waals surface area contributed by atoms with Gasteiger partial charge in [0, 0.05) is 14.6 Å². The lowest BCUT2D eigenvalue weighted by atomic mass is 10.2. The van der Waals surface area contributed by atoms with Gasteiger partial charge in [0.15, 0.2) is 0 Å². The molecule has 0 nitrogen and oxygen atoms in total. The van der Waals surface area contributed by atoms with E-state index in [2.05, 4.69) is 48.0 Å². The second-order valence-corrected chi connectivity index (χ2v) is 7.66. The summed E-state index contributed by atoms with van der Waals surface area (Å²) < 4.78 is 1.18. The van der Waals surface area contributed by atoms with Gasteiger partial charge in [0.05, 0.1) is 3.79 Å². The molecular formula is C12H12BrClS2. The molecule has 16 heavy (non-hydrogen) atoms. The Morgan fingerprint density at radius 1 is 1.31 bits per heavy atom. The topological polar surface area (TPSA) is 0 Å². The SMILES string of the molecule is CCc1ccc(C(Cl)c2cc(C)c(Br)s2)s1. The summed E-state index contributed by atoms with van der Waals surface area (Å²) in [6, 6.07) is 6.48. The van der Waals surface area contributed by atoms with Gasteiger partial charge in [0.25, 0.3) is 0 Å². The zero-order chi connectivity index (χ0) is 11.7. The lowest BCUT2D eigenvalue weighted by Crippen LogP contribution is -1.84. The van der Waals surface area contributed by atoms with Crippen molar-refractivity contribution < 1.29 is 0 Å². The first-order valence-electron chi connectivity index (χ1n) is 5.10. The largest absolute Gasteiger partial charge is 0.143 e. The van der Waals surface area contributed by atoms with Crippen molar-refractivity contribution in [1.29, 1.82) is 0 Å². The normalized spacial score (nSPS) is 13.0. The molecule has 0 N–H and O–H groups in total. The fourth-order valence-electron chi connectivity index (χ4n) is 1.47. The van der Waals surface area contributed by atoms with E-state index < -0.39 is 0 Å². The molecule has 0 fully saturated rings. The van der Waals surface area contributed by atoms with Crippen LogP contribution in [0.5, 0.6) is 0 Å². The maximum atomic E-state index is 6.49. The van der Waals surface area contributed by atoms with Gasteiger partial charge in [-0.05, 0) is 53.0 Å². The van der Waals surface area contributed by atoms with Gasteiger partial charge in [0.1, 0.15) is 5.38 Å². The van der Waals surface area contributed by atoms with Crippen molar-refractivity contribution in [3.8, 4) is 0 Å². The van der Waals surface area contributed by atoms with Crippen molar-refractivity contribution in [3.63, 3.8) is 0 Å². The summed E-state index contributed by atoms with van der Waals surface area (Å²) in [6.07, 6.45) is 1.08. The van der Waals surface area contributed by atoms with Crippen LogP contribution in [0, 0.1) is 6.92 Å². The van der Waals surface area contributed by atoms with Crippen molar-refractivity contribution >= 4 is 50.2 Å². The van der Waals surface area contributed by atoms with E-state index in [0.29, 0.717) is 0 Å². The Labute approximate surface area is 117 Å². The number of hydrogen-bond donors (Lipinski definition) is 0. The first-order valence-corrected chi connectivity index (χ1v) is 7.96. The maximum absolute atomic E-state index is 6.49. The first kappa shape index (κ1) is 12.6. The molecule has 0 saturated heterocycles. The van der Waals surface area contributed by atoms with Crippen LogP contribution >= 0.6 is 50.2 Å². The van der Waals surface area contributed by atoms with Crippen LogP contribution in [0.4, 0.5) is 0 Å². The number of rotatable bonds is 3. The fourth-order valence-corrected chi connectivity index (χ4v) is 4.46. The third-order valence-corrected chi connectivity index (χ3v) is 6.63. The monoisotopic (exact) mass is 334 g/mol. The standard InChI is InChI=1S/C12H12BrClS2/c1-3-8-4-5-9(15-8)11(14)10-6-7(2)12(13)16-10/h4-6,11H,3H2,1-2H3. The summed E-state index contributed by atoms with van der Waals surface area (Å²) in [5.41, 5.74) is 1.26. The molecule has 0 aliphatic carbocycles. The van der Waals surface area contributed by atoms with E-state index in [1.807, 2.05) is 11.3 Å². The van der Waals surface area contributed by atoms with Gasteiger partial charge in [-0.15, -0.1) is 34.3 Å². The smallest absolute Gasteiger partial charge is 0.102 e. The van der Waals surface area contributed by atoms with Crippen molar-refractivity contribution in [2.45, 2.75) is 25.6 Å². The minimum atomic E-state index is 0.000278. The highest BCUT2D eigenvalue weighted by molar-refractivity contribution is 9.11. The lowest BCUT2D eigenvalue weighted by molar-refractivity contribution is 1.19. The Balaban J connectivity index is 2.27. The van der Waals surface area contributed by atoms with E-state index in [4.69, 9.17) is 11.6 Å². The Kier molecular flexibility index (Phi) is 4.11. The quantitative estimate of drug-likeness (QED) is 0.624. The number of aryl methyl sites for hydroxylation is 2. The van der Waals surface area contributed by atoms with Gasteiger partial charge in [0.2, 0.25) is 0 Å². The molecule has 0 bridgehead atoms.